The second-order valence-corrected chi connectivity index (χ2v) is 6.38. The Morgan fingerprint density at radius 3 is 2.33 bits per heavy atom. The Balaban J connectivity index is 1.98. The molecule has 2 aliphatic rings. The van der Waals surface area contributed by atoms with Crippen molar-refractivity contribution in [3.63, 3.8) is 0 Å². The molecule has 1 saturated heterocycles. The summed E-state index contributed by atoms with van der Waals surface area (Å²) in [4.78, 5) is 2.49. The molecule has 1 unspecified atom stereocenters. The van der Waals surface area contributed by atoms with E-state index < -0.39 is 0 Å². The number of benzene rings is 1. The molecular weight excluding hydrogens is 262 g/mol. The third-order valence-corrected chi connectivity index (χ3v) is 5.37. The van der Waals surface area contributed by atoms with Gasteiger partial charge in [0, 0.05) is 13.1 Å². The maximum atomic E-state index is 10.5. The molecule has 116 valence electrons. The minimum absolute atomic E-state index is 0.210. The number of hydrogen-bond acceptors (Lipinski definition) is 3. The first-order valence-electron chi connectivity index (χ1n) is 8.37. The van der Waals surface area contributed by atoms with Crippen molar-refractivity contribution in [3.8, 4) is 0 Å². The summed E-state index contributed by atoms with van der Waals surface area (Å²) >= 11 is 0. The van der Waals surface area contributed by atoms with E-state index in [4.69, 9.17) is 4.74 Å². The van der Waals surface area contributed by atoms with Crippen molar-refractivity contribution in [1.82, 2.24) is 4.90 Å². The van der Waals surface area contributed by atoms with Gasteiger partial charge in [0.05, 0.1) is 25.4 Å². The molecule has 3 rings (SSSR count). The number of morpholine rings is 1. The monoisotopic (exact) mass is 289 g/mol. The number of aliphatic hydroxyl groups excluding tert-OH is 1. The largest absolute Gasteiger partial charge is 0.394 e. The lowest BCUT2D eigenvalue weighted by molar-refractivity contribution is -0.0823. The van der Waals surface area contributed by atoms with Crippen LogP contribution in [-0.2, 0) is 10.3 Å². The lowest BCUT2D eigenvalue weighted by atomic mass is 9.70. The standard InChI is InChI=1S/C18H27NO2/c20-15-18(16-7-3-1-4-8-16,17-9-5-2-6-10-17)19-11-13-21-14-12-19/h1,3-4,7-8,17,20H,2,5-6,9-15H2. The van der Waals surface area contributed by atoms with Crippen LogP contribution in [0.3, 0.4) is 0 Å². The third-order valence-electron chi connectivity index (χ3n) is 5.37. The topological polar surface area (TPSA) is 32.7 Å². The second-order valence-electron chi connectivity index (χ2n) is 6.38. The van der Waals surface area contributed by atoms with Crippen LogP contribution in [0.4, 0.5) is 0 Å². The van der Waals surface area contributed by atoms with E-state index in [9.17, 15) is 5.11 Å². The molecule has 0 radical (unpaired) electrons. The highest BCUT2D eigenvalue weighted by Gasteiger charge is 2.45. The molecule has 0 amide bonds. The van der Waals surface area contributed by atoms with E-state index in [0.29, 0.717) is 5.92 Å². The summed E-state index contributed by atoms with van der Waals surface area (Å²) in [6.45, 7) is 3.61. The minimum atomic E-state index is -0.217. The molecule has 3 heteroatoms. The number of ether oxygens (including phenoxy) is 1. The quantitative estimate of drug-likeness (QED) is 0.925. The van der Waals surface area contributed by atoms with Gasteiger partial charge in [0.25, 0.3) is 0 Å². The number of nitrogens with zero attached hydrogens (tertiary/aromatic N) is 1. The van der Waals surface area contributed by atoms with E-state index in [0.717, 1.165) is 26.3 Å². The van der Waals surface area contributed by atoms with Crippen LogP contribution in [0.5, 0.6) is 0 Å². The highest BCUT2D eigenvalue weighted by atomic mass is 16.5. The maximum Gasteiger partial charge on any atom is 0.0724 e. The number of aliphatic hydroxyl groups is 1. The summed E-state index contributed by atoms with van der Waals surface area (Å²) in [5.74, 6) is 0.553. The number of rotatable bonds is 4. The van der Waals surface area contributed by atoms with Gasteiger partial charge < -0.3 is 9.84 Å². The highest BCUT2D eigenvalue weighted by molar-refractivity contribution is 5.27. The van der Waals surface area contributed by atoms with Gasteiger partial charge in [-0.3, -0.25) is 4.90 Å². The maximum absolute atomic E-state index is 10.5. The van der Waals surface area contributed by atoms with Crippen LogP contribution in [0.1, 0.15) is 37.7 Å². The Kier molecular flexibility index (Phi) is 4.94. The molecule has 21 heavy (non-hydrogen) atoms. The molecule has 1 N–H and O–H groups in total. The van der Waals surface area contributed by atoms with Crippen LogP contribution in [0.15, 0.2) is 30.3 Å². The summed E-state index contributed by atoms with van der Waals surface area (Å²) in [5.41, 5.74) is 1.06. The van der Waals surface area contributed by atoms with Gasteiger partial charge in [-0.25, -0.2) is 0 Å². The van der Waals surface area contributed by atoms with Crippen molar-refractivity contribution in [3.05, 3.63) is 35.9 Å². The van der Waals surface area contributed by atoms with Crippen molar-refractivity contribution in [1.29, 1.82) is 0 Å². The van der Waals surface area contributed by atoms with Gasteiger partial charge >= 0.3 is 0 Å². The van der Waals surface area contributed by atoms with Crippen molar-refractivity contribution in [2.45, 2.75) is 37.6 Å². The molecule has 0 aromatic heterocycles. The molecule has 1 aliphatic heterocycles. The van der Waals surface area contributed by atoms with Gasteiger partial charge in [0.1, 0.15) is 0 Å². The van der Waals surface area contributed by atoms with E-state index in [1.54, 1.807) is 0 Å². The van der Waals surface area contributed by atoms with Crippen LogP contribution in [0, 0.1) is 5.92 Å². The summed E-state index contributed by atoms with van der Waals surface area (Å²) in [5, 5.41) is 10.5. The smallest absolute Gasteiger partial charge is 0.0724 e. The first kappa shape index (κ1) is 15.0. The molecule has 1 aromatic carbocycles. The predicted octanol–water partition coefficient (Wildman–Crippen LogP) is 2.79. The van der Waals surface area contributed by atoms with Gasteiger partial charge in [0.15, 0.2) is 0 Å². The first-order chi connectivity index (χ1) is 10.4. The fourth-order valence-corrected chi connectivity index (χ4v) is 4.27. The van der Waals surface area contributed by atoms with E-state index in [1.807, 2.05) is 0 Å². The molecule has 1 atom stereocenters. The average molecular weight is 289 g/mol. The third kappa shape index (κ3) is 2.87. The molecule has 3 nitrogen and oxygen atoms in total. The summed E-state index contributed by atoms with van der Waals surface area (Å²) in [6.07, 6.45) is 6.39. The van der Waals surface area contributed by atoms with Crippen LogP contribution < -0.4 is 0 Å². The molecule has 1 aromatic rings. The molecule has 2 fully saturated rings. The molecule has 0 bridgehead atoms. The van der Waals surface area contributed by atoms with E-state index in [-0.39, 0.29) is 12.1 Å². The number of hydrogen-bond donors (Lipinski definition) is 1. The van der Waals surface area contributed by atoms with Gasteiger partial charge in [-0.1, -0.05) is 49.6 Å². The van der Waals surface area contributed by atoms with Crippen molar-refractivity contribution in [2.24, 2.45) is 5.92 Å². The molecule has 1 heterocycles. The van der Waals surface area contributed by atoms with Gasteiger partial charge in [-0.2, -0.15) is 0 Å². The normalized spacial score (nSPS) is 24.6. The fraction of sp³-hybridized carbons (Fsp3) is 0.667. The highest BCUT2D eigenvalue weighted by Crippen LogP contribution is 2.43. The molecule has 0 spiro atoms. The molecular formula is C18H27NO2. The van der Waals surface area contributed by atoms with Crippen LogP contribution in [0.2, 0.25) is 0 Å². The van der Waals surface area contributed by atoms with Gasteiger partial charge in [-0.15, -0.1) is 0 Å². The fourth-order valence-electron chi connectivity index (χ4n) is 4.27. The Morgan fingerprint density at radius 1 is 1.05 bits per heavy atom. The Hall–Kier alpha value is -0.900. The Labute approximate surface area is 127 Å². The van der Waals surface area contributed by atoms with Crippen LogP contribution >= 0.6 is 0 Å². The average Bonchev–Trinajstić information content (AvgIpc) is 2.59. The summed E-state index contributed by atoms with van der Waals surface area (Å²) in [7, 11) is 0. The van der Waals surface area contributed by atoms with Crippen molar-refractivity contribution in [2.75, 3.05) is 32.9 Å². The van der Waals surface area contributed by atoms with Crippen molar-refractivity contribution >= 4 is 0 Å². The Morgan fingerprint density at radius 2 is 1.71 bits per heavy atom. The van der Waals surface area contributed by atoms with E-state index in [1.165, 1.54) is 37.7 Å². The lowest BCUT2D eigenvalue weighted by Crippen LogP contribution is -2.57. The Bertz CT molecular complexity index is 404. The second kappa shape index (κ2) is 6.91. The molecule has 1 saturated carbocycles. The van der Waals surface area contributed by atoms with Crippen LogP contribution in [0.25, 0.3) is 0 Å². The predicted molar refractivity (Wildman–Crippen MR) is 84.2 cm³/mol. The molecule has 1 aliphatic carbocycles. The zero-order valence-electron chi connectivity index (χ0n) is 12.8. The summed E-state index contributed by atoms with van der Waals surface area (Å²) in [6, 6.07) is 10.7. The van der Waals surface area contributed by atoms with Gasteiger partial charge in [0.2, 0.25) is 0 Å². The minimum Gasteiger partial charge on any atom is -0.394 e. The van der Waals surface area contributed by atoms with E-state index >= 15 is 0 Å². The zero-order chi connectivity index (χ0) is 14.5. The van der Waals surface area contributed by atoms with Crippen molar-refractivity contribution < 1.29 is 9.84 Å². The van der Waals surface area contributed by atoms with Gasteiger partial charge in [-0.05, 0) is 24.3 Å². The first-order valence-corrected chi connectivity index (χ1v) is 8.37. The SMILES string of the molecule is OCC(c1ccccc1)(C1CCCCC1)N1CCOCC1. The zero-order valence-corrected chi connectivity index (χ0v) is 12.8. The van der Waals surface area contributed by atoms with Crippen LogP contribution in [-0.4, -0.2) is 42.9 Å². The summed E-state index contributed by atoms with van der Waals surface area (Å²) < 4.78 is 5.54. The lowest BCUT2D eigenvalue weighted by Gasteiger charge is -2.51. The van der Waals surface area contributed by atoms with E-state index in [2.05, 4.69) is 35.2 Å².